The van der Waals surface area contributed by atoms with Gasteiger partial charge in [0.15, 0.2) is 11.5 Å². The van der Waals surface area contributed by atoms with E-state index in [1.54, 1.807) is 34.1 Å². The number of fused-ring (bicyclic) bond motifs is 1. The van der Waals surface area contributed by atoms with E-state index in [4.69, 9.17) is 25.5 Å². The van der Waals surface area contributed by atoms with Gasteiger partial charge < -0.3 is 23.7 Å². The lowest BCUT2D eigenvalue weighted by molar-refractivity contribution is -0.127. The Hall–Kier alpha value is -2.93. The van der Waals surface area contributed by atoms with Crippen molar-refractivity contribution in [2.75, 3.05) is 33.0 Å². The first-order valence-electron chi connectivity index (χ1n) is 8.49. The highest BCUT2D eigenvalue weighted by atomic mass is 35.5. The van der Waals surface area contributed by atoms with Crippen molar-refractivity contribution >= 4 is 29.5 Å². The van der Waals surface area contributed by atoms with E-state index in [1.807, 2.05) is 0 Å². The van der Waals surface area contributed by atoms with Gasteiger partial charge in [0.2, 0.25) is 12.7 Å². The van der Waals surface area contributed by atoms with Crippen LogP contribution < -0.4 is 9.47 Å². The van der Waals surface area contributed by atoms with Crippen LogP contribution in [0.4, 0.5) is 0 Å². The molecule has 8 heteroatoms. The van der Waals surface area contributed by atoms with Gasteiger partial charge >= 0.3 is 0 Å². The molecular weight excluding hydrogens is 372 g/mol. The SMILES string of the molecule is O=C(/C=C/c1cc(Cl)c2c(c1)OCO2)N1CCN(C(=O)c2ccoc2)CC1. The van der Waals surface area contributed by atoms with Gasteiger partial charge in [-0.15, -0.1) is 0 Å². The van der Waals surface area contributed by atoms with Crippen molar-refractivity contribution in [3.63, 3.8) is 0 Å². The zero-order valence-corrected chi connectivity index (χ0v) is 15.1. The Balaban J connectivity index is 1.35. The van der Waals surface area contributed by atoms with Crippen LogP contribution >= 0.6 is 11.6 Å². The molecular formula is C19H17ClN2O5. The first kappa shape index (κ1) is 17.5. The molecule has 1 aromatic carbocycles. The van der Waals surface area contributed by atoms with E-state index >= 15 is 0 Å². The van der Waals surface area contributed by atoms with Crippen LogP contribution in [-0.2, 0) is 4.79 Å². The van der Waals surface area contributed by atoms with Gasteiger partial charge in [-0.25, -0.2) is 0 Å². The second-order valence-electron chi connectivity index (χ2n) is 6.20. The molecule has 0 atom stereocenters. The minimum Gasteiger partial charge on any atom is -0.472 e. The maximum atomic E-state index is 12.4. The molecule has 3 heterocycles. The van der Waals surface area contributed by atoms with Crippen LogP contribution in [0, 0.1) is 0 Å². The zero-order chi connectivity index (χ0) is 18.8. The van der Waals surface area contributed by atoms with Crippen LogP contribution in [0.2, 0.25) is 5.02 Å². The number of halogens is 1. The number of nitrogens with zero attached hydrogens (tertiary/aromatic N) is 2. The fourth-order valence-electron chi connectivity index (χ4n) is 3.06. The Morgan fingerprint density at radius 3 is 2.59 bits per heavy atom. The van der Waals surface area contributed by atoms with E-state index in [-0.39, 0.29) is 18.6 Å². The Kier molecular flexibility index (Phi) is 4.77. The van der Waals surface area contributed by atoms with Gasteiger partial charge in [-0.2, -0.15) is 0 Å². The topological polar surface area (TPSA) is 72.2 Å². The van der Waals surface area contributed by atoms with E-state index < -0.39 is 0 Å². The number of hydrogen-bond donors (Lipinski definition) is 0. The molecule has 0 aliphatic carbocycles. The molecule has 140 valence electrons. The molecule has 0 saturated carbocycles. The second-order valence-corrected chi connectivity index (χ2v) is 6.61. The summed E-state index contributed by atoms with van der Waals surface area (Å²) in [7, 11) is 0. The normalized spacial score (nSPS) is 16.2. The summed E-state index contributed by atoms with van der Waals surface area (Å²) in [5, 5.41) is 0.448. The number of benzene rings is 1. The molecule has 1 fully saturated rings. The van der Waals surface area contributed by atoms with Crippen molar-refractivity contribution in [2.45, 2.75) is 0 Å². The standard InChI is InChI=1S/C19H17ClN2O5/c20-15-9-13(10-16-18(15)27-12-26-16)1-2-17(23)21-4-6-22(7-5-21)19(24)14-3-8-25-11-14/h1-3,8-11H,4-7,12H2/b2-1+. The van der Waals surface area contributed by atoms with Gasteiger partial charge in [0.05, 0.1) is 16.8 Å². The lowest BCUT2D eigenvalue weighted by Gasteiger charge is -2.34. The third kappa shape index (κ3) is 3.64. The third-order valence-electron chi connectivity index (χ3n) is 4.51. The summed E-state index contributed by atoms with van der Waals surface area (Å²) in [4.78, 5) is 28.1. The summed E-state index contributed by atoms with van der Waals surface area (Å²) in [6, 6.07) is 5.14. The van der Waals surface area contributed by atoms with Gasteiger partial charge in [-0.05, 0) is 29.8 Å². The fourth-order valence-corrected chi connectivity index (χ4v) is 3.33. The van der Waals surface area contributed by atoms with Crippen molar-refractivity contribution in [1.29, 1.82) is 0 Å². The molecule has 1 saturated heterocycles. The molecule has 4 rings (SSSR count). The van der Waals surface area contributed by atoms with E-state index in [2.05, 4.69) is 0 Å². The van der Waals surface area contributed by atoms with E-state index in [0.717, 1.165) is 5.56 Å². The summed E-state index contributed by atoms with van der Waals surface area (Å²) in [5.74, 6) is 0.903. The van der Waals surface area contributed by atoms with E-state index in [1.165, 1.54) is 18.6 Å². The minimum absolute atomic E-state index is 0.0820. The molecule has 0 unspecified atom stereocenters. The Morgan fingerprint density at radius 2 is 1.85 bits per heavy atom. The maximum absolute atomic E-state index is 12.4. The zero-order valence-electron chi connectivity index (χ0n) is 14.4. The number of ether oxygens (including phenoxy) is 2. The molecule has 0 spiro atoms. The van der Waals surface area contributed by atoms with Crippen molar-refractivity contribution in [1.82, 2.24) is 9.80 Å². The molecule has 1 aromatic heterocycles. The highest BCUT2D eigenvalue weighted by Crippen LogP contribution is 2.40. The van der Waals surface area contributed by atoms with Gasteiger partial charge in [-0.1, -0.05) is 11.6 Å². The molecule has 2 amide bonds. The number of carbonyl (C=O) groups is 2. The molecule has 7 nitrogen and oxygen atoms in total. The monoisotopic (exact) mass is 388 g/mol. The number of rotatable bonds is 3. The summed E-state index contributed by atoms with van der Waals surface area (Å²) in [6.45, 7) is 2.07. The molecule has 0 radical (unpaired) electrons. The van der Waals surface area contributed by atoms with Crippen molar-refractivity contribution in [3.05, 3.63) is 53.0 Å². The summed E-state index contributed by atoms with van der Waals surface area (Å²) in [6.07, 6.45) is 6.10. The summed E-state index contributed by atoms with van der Waals surface area (Å²) in [5.41, 5.74) is 1.28. The fraction of sp³-hybridized carbons (Fsp3) is 0.263. The van der Waals surface area contributed by atoms with Crippen LogP contribution in [0.3, 0.4) is 0 Å². The average Bonchev–Trinajstić information content (AvgIpc) is 3.37. The van der Waals surface area contributed by atoms with Gasteiger partial charge in [0.1, 0.15) is 6.26 Å². The number of hydrogen-bond acceptors (Lipinski definition) is 5. The molecule has 0 bridgehead atoms. The quantitative estimate of drug-likeness (QED) is 0.756. The van der Waals surface area contributed by atoms with E-state index in [0.29, 0.717) is 48.3 Å². The van der Waals surface area contributed by atoms with Crippen LogP contribution in [0.1, 0.15) is 15.9 Å². The van der Waals surface area contributed by atoms with Gasteiger partial charge in [0, 0.05) is 32.3 Å². The lowest BCUT2D eigenvalue weighted by Crippen LogP contribution is -2.50. The number of carbonyl (C=O) groups excluding carboxylic acids is 2. The average molecular weight is 389 g/mol. The van der Waals surface area contributed by atoms with Crippen LogP contribution in [-0.4, -0.2) is 54.6 Å². The largest absolute Gasteiger partial charge is 0.472 e. The van der Waals surface area contributed by atoms with Gasteiger partial charge in [0.25, 0.3) is 5.91 Å². The Morgan fingerprint density at radius 1 is 1.07 bits per heavy atom. The number of furan rings is 1. The highest BCUT2D eigenvalue weighted by molar-refractivity contribution is 6.32. The maximum Gasteiger partial charge on any atom is 0.257 e. The smallest absolute Gasteiger partial charge is 0.257 e. The third-order valence-corrected chi connectivity index (χ3v) is 4.80. The summed E-state index contributed by atoms with van der Waals surface area (Å²) >= 11 is 6.15. The van der Waals surface area contributed by atoms with Crippen LogP contribution in [0.5, 0.6) is 11.5 Å². The lowest BCUT2D eigenvalue weighted by atomic mass is 10.2. The number of piperazine rings is 1. The van der Waals surface area contributed by atoms with Crippen molar-refractivity contribution in [3.8, 4) is 11.5 Å². The van der Waals surface area contributed by atoms with Crippen molar-refractivity contribution in [2.24, 2.45) is 0 Å². The first-order valence-corrected chi connectivity index (χ1v) is 8.87. The minimum atomic E-state index is -0.112. The molecule has 2 aliphatic rings. The van der Waals surface area contributed by atoms with Crippen LogP contribution in [0.25, 0.3) is 6.08 Å². The Labute approximate surface area is 160 Å². The van der Waals surface area contributed by atoms with Crippen molar-refractivity contribution < 1.29 is 23.5 Å². The van der Waals surface area contributed by atoms with Crippen LogP contribution in [0.15, 0.2) is 41.2 Å². The highest BCUT2D eigenvalue weighted by Gasteiger charge is 2.24. The predicted octanol–water partition coefficient (Wildman–Crippen LogP) is 2.66. The summed E-state index contributed by atoms with van der Waals surface area (Å²) < 4.78 is 15.5. The molecule has 27 heavy (non-hydrogen) atoms. The predicted molar refractivity (Wildman–Crippen MR) is 97.8 cm³/mol. The van der Waals surface area contributed by atoms with Gasteiger partial charge in [-0.3, -0.25) is 9.59 Å². The Bertz CT molecular complexity index is 886. The number of amides is 2. The first-order chi connectivity index (χ1) is 13.1. The molecule has 2 aromatic rings. The van der Waals surface area contributed by atoms with E-state index in [9.17, 15) is 9.59 Å². The molecule has 0 N–H and O–H groups in total. The second kappa shape index (κ2) is 7.36. The molecule has 2 aliphatic heterocycles.